The number of hydrogen-bond donors (Lipinski definition) is 0. The summed E-state index contributed by atoms with van der Waals surface area (Å²) in [4.78, 5) is 27.4. The molecule has 0 aliphatic heterocycles. The third kappa shape index (κ3) is 5.24. The van der Waals surface area contributed by atoms with Crippen molar-refractivity contribution in [1.82, 2.24) is 4.90 Å². The first kappa shape index (κ1) is 23.6. The smallest absolute Gasteiger partial charge is 0.346 e. The van der Waals surface area contributed by atoms with Gasteiger partial charge in [0.25, 0.3) is 0 Å². The van der Waals surface area contributed by atoms with Crippen LogP contribution >= 0.6 is 34.8 Å². The highest BCUT2D eigenvalue weighted by atomic mass is 35.5. The fourth-order valence-electron chi connectivity index (χ4n) is 3.43. The van der Waals surface area contributed by atoms with E-state index in [1.807, 2.05) is 6.92 Å². The highest BCUT2D eigenvalue weighted by Gasteiger charge is 2.19. The Bertz CT molecular complexity index is 1160. The molecule has 164 valence electrons. The summed E-state index contributed by atoms with van der Waals surface area (Å²) in [5.41, 5.74) is 1.48. The second kappa shape index (κ2) is 10.0. The Hall–Kier alpha value is -2.05. The standard InChI is InChI=1S/C23H22Cl3NO4/c1-4-27(5-2)9-8-17-13(3)16-7-6-15(12-20(16)31-22(17)28)30-23(29)21-18(25)10-14(24)11-19(21)26/h6-7,10-12H,4-5,8-9H2,1-3H3. The summed E-state index contributed by atoms with van der Waals surface area (Å²) in [7, 11) is 0. The van der Waals surface area contributed by atoms with Gasteiger partial charge in [-0.3, -0.25) is 0 Å². The van der Waals surface area contributed by atoms with Crippen LogP contribution in [0.5, 0.6) is 5.75 Å². The summed E-state index contributed by atoms with van der Waals surface area (Å²) in [6.07, 6.45) is 0.607. The largest absolute Gasteiger partial charge is 0.423 e. The van der Waals surface area contributed by atoms with Crippen molar-refractivity contribution in [3.05, 3.63) is 72.5 Å². The van der Waals surface area contributed by atoms with Gasteiger partial charge in [-0.1, -0.05) is 48.7 Å². The quantitative estimate of drug-likeness (QED) is 0.229. The summed E-state index contributed by atoms with van der Waals surface area (Å²) in [5, 5.41) is 1.27. The predicted molar refractivity (Wildman–Crippen MR) is 125 cm³/mol. The lowest BCUT2D eigenvalue weighted by Gasteiger charge is -2.18. The minimum atomic E-state index is -0.735. The maximum absolute atomic E-state index is 12.6. The monoisotopic (exact) mass is 481 g/mol. The molecule has 0 N–H and O–H groups in total. The number of rotatable bonds is 7. The molecule has 0 bridgehead atoms. The summed E-state index contributed by atoms with van der Waals surface area (Å²) < 4.78 is 10.9. The molecular formula is C23H22Cl3NO4. The Labute approximate surface area is 195 Å². The Kier molecular flexibility index (Phi) is 7.65. The van der Waals surface area contributed by atoms with Crippen LogP contribution in [0, 0.1) is 6.92 Å². The van der Waals surface area contributed by atoms with Gasteiger partial charge in [-0.25, -0.2) is 9.59 Å². The van der Waals surface area contributed by atoms with Crippen molar-refractivity contribution in [2.45, 2.75) is 27.2 Å². The fourth-order valence-corrected chi connectivity index (χ4v) is 4.40. The maximum atomic E-state index is 12.6. The van der Waals surface area contributed by atoms with Crippen molar-refractivity contribution in [2.75, 3.05) is 19.6 Å². The first-order chi connectivity index (χ1) is 14.7. The number of ether oxygens (including phenoxy) is 1. The Morgan fingerprint density at radius 2 is 1.71 bits per heavy atom. The number of hydrogen-bond acceptors (Lipinski definition) is 5. The summed E-state index contributed by atoms with van der Waals surface area (Å²) >= 11 is 18.1. The molecule has 31 heavy (non-hydrogen) atoms. The summed E-state index contributed by atoms with van der Waals surface area (Å²) in [5.74, 6) is -0.529. The van der Waals surface area contributed by atoms with Gasteiger partial charge in [0.2, 0.25) is 0 Å². The molecule has 0 atom stereocenters. The number of carbonyl (C=O) groups is 1. The van der Waals surface area contributed by atoms with E-state index in [1.54, 1.807) is 12.1 Å². The minimum absolute atomic E-state index is 0.0113. The molecule has 1 heterocycles. The second-order valence-corrected chi connectivity index (χ2v) is 8.31. The van der Waals surface area contributed by atoms with E-state index in [9.17, 15) is 9.59 Å². The molecule has 0 aliphatic rings. The van der Waals surface area contributed by atoms with E-state index >= 15 is 0 Å². The van der Waals surface area contributed by atoms with Crippen molar-refractivity contribution < 1.29 is 13.9 Å². The zero-order valence-corrected chi connectivity index (χ0v) is 19.7. The van der Waals surface area contributed by atoms with E-state index in [1.165, 1.54) is 18.2 Å². The number of likely N-dealkylation sites (N-methyl/N-ethyl adjacent to an activating group) is 1. The lowest BCUT2D eigenvalue weighted by atomic mass is 10.0. The van der Waals surface area contributed by atoms with E-state index in [4.69, 9.17) is 44.0 Å². The minimum Gasteiger partial charge on any atom is -0.423 e. The molecule has 0 aliphatic carbocycles. The topological polar surface area (TPSA) is 59.8 Å². The maximum Gasteiger partial charge on any atom is 0.346 e. The van der Waals surface area contributed by atoms with Crippen LogP contribution in [-0.4, -0.2) is 30.5 Å². The van der Waals surface area contributed by atoms with Gasteiger partial charge in [0, 0.05) is 28.6 Å². The number of fused-ring (bicyclic) bond motifs is 1. The van der Waals surface area contributed by atoms with Crippen LogP contribution in [0.4, 0.5) is 0 Å². The van der Waals surface area contributed by atoms with Gasteiger partial charge in [-0.15, -0.1) is 0 Å². The third-order valence-electron chi connectivity index (χ3n) is 5.25. The van der Waals surface area contributed by atoms with E-state index in [0.29, 0.717) is 22.6 Å². The SMILES string of the molecule is CCN(CC)CCc1c(C)c2ccc(OC(=O)c3c(Cl)cc(Cl)cc3Cl)cc2oc1=O. The molecule has 1 aromatic heterocycles. The number of esters is 1. The van der Waals surface area contributed by atoms with Crippen LogP contribution in [0.15, 0.2) is 39.5 Å². The molecular weight excluding hydrogens is 461 g/mol. The lowest BCUT2D eigenvalue weighted by molar-refractivity contribution is 0.0735. The average Bonchev–Trinajstić information content (AvgIpc) is 2.69. The fraction of sp³-hybridized carbons (Fsp3) is 0.304. The van der Waals surface area contributed by atoms with Crippen molar-refractivity contribution in [2.24, 2.45) is 0 Å². The Morgan fingerprint density at radius 1 is 1.06 bits per heavy atom. The Morgan fingerprint density at radius 3 is 2.32 bits per heavy atom. The van der Waals surface area contributed by atoms with Crippen LogP contribution in [-0.2, 0) is 6.42 Å². The van der Waals surface area contributed by atoms with Crippen molar-refractivity contribution >= 4 is 51.7 Å². The van der Waals surface area contributed by atoms with Gasteiger partial charge in [0.05, 0.1) is 15.6 Å². The average molecular weight is 483 g/mol. The predicted octanol–water partition coefficient (Wildman–Crippen LogP) is 6.17. The van der Waals surface area contributed by atoms with Crippen LogP contribution in [0.3, 0.4) is 0 Å². The summed E-state index contributed by atoms with van der Waals surface area (Å²) in [6, 6.07) is 7.73. The van der Waals surface area contributed by atoms with Gasteiger partial charge in [0.1, 0.15) is 11.3 Å². The molecule has 0 spiro atoms. The molecule has 0 saturated carbocycles. The molecule has 3 aromatic rings. The van der Waals surface area contributed by atoms with Crippen molar-refractivity contribution in [3.8, 4) is 5.75 Å². The van der Waals surface area contributed by atoms with E-state index < -0.39 is 5.97 Å². The molecule has 0 fully saturated rings. The van der Waals surface area contributed by atoms with E-state index in [0.717, 1.165) is 30.6 Å². The summed E-state index contributed by atoms with van der Waals surface area (Å²) in [6.45, 7) is 8.70. The Balaban J connectivity index is 1.89. The van der Waals surface area contributed by atoms with Gasteiger partial charge in [0.15, 0.2) is 0 Å². The lowest BCUT2D eigenvalue weighted by Crippen LogP contribution is -2.27. The van der Waals surface area contributed by atoms with Crippen LogP contribution < -0.4 is 10.4 Å². The van der Waals surface area contributed by atoms with Crippen LogP contribution in [0.1, 0.15) is 35.3 Å². The zero-order valence-electron chi connectivity index (χ0n) is 17.4. The number of nitrogens with zero attached hydrogens (tertiary/aromatic N) is 1. The van der Waals surface area contributed by atoms with Crippen molar-refractivity contribution in [1.29, 1.82) is 0 Å². The number of benzene rings is 2. The van der Waals surface area contributed by atoms with Gasteiger partial charge in [-0.05, 0) is 56.3 Å². The normalized spacial score (nSPS) is 11.3. The molecule has 3 rings (SSSR count). The zero-order chi connectivity index (χ0) is 22.7. The van der Waals surface area contributed by atoms with E-state index in [2.05, 4.69) is 18.7 Å². The first-order valence-electron chi connectivity index (χ1n) is 9.90. The van der Waals surface area contributed by atoms with E-state index in [-0.39, 0.29) is 27.0 Å². The number of carbonyl (C=O) groups excluding carboxylic acids is 1. The number of aryl methyl sites for hydroxylation is 1. The van der Waals surface area contributed by atoms with Crippen LogP contribution in [0.2, 0.25) is 15.1 Å². The molecule has 0 amide bonds. The van der Waals surface area contributed by atoms with Crippen molar-refractivity contribution in [3.63, 3.8) is 0 Å². The molecule has 5 nitrogen and oxygen atoms in total. The van der Waals surface area contributed by atoms with Gasteiger partial charge in [-0.2, -0.15) is 0 Å². The molecule has 2 aromatic carbocycles. The van der Waals surface area contributed by atoms with Gasteiger partial charge >= 0.3 is 11.6 Å². The number of halogens is 3. The molecule has 0 unspecified atom stereocenters. The first-order valence-corrected chi connectivity index (χ1v) is 11.0. The second-order valence-electron chi connectivity index (χ2n) is 7.06. The van der Waals surface area contributed by atoms with Crippen LogP contribution in [0.25, 0.3) is 11.0 Å². The molecule has 0 saturated heterocycles. The molecule has 8 heteroatoms. The highest BCUT2D eigenvalue weighted by Crippen LogP contribution is 2.31. The highest BCUT2D eigenvalue weighted by molar-refractivity contribution is 6.41. The third-order valence-corrected chi connectivity index (χ3v) is 6.07. The van der Waals surface area contributed by atoms with Gasteiger partial charge < -0.3 is 14.1 Å². The molecule has 0 radical (unpaired) electrons.